The van der Waals surface area contributed by atoms with Crippen molar-refractivity contribution in [1.82, 2.24) is 0 Å². The van der Waals surface area contributed by atoms with E-state index >= 15 is 0 Å². The third-order valence-electron chi connectivity index (χ3n) is 9.03. The Balaban J connectivity index is -0.000000184. The van der Waals surface area contributed by atoms with E-state index in [0.717, 1.165) is 45.7 Å². The molecule has 309 valence electrons. The van der Waals surface area contributed by atoms with Crippen LogP contribution in [0.1, 0.15) is 254 Å². The van der Waals surface area contributed by atoms with Crippen LogP contribution in [0.15, 0.2) is 0 Å². The van der Waals surface area contributed by atoms with Crippen LogP contribution in [0.3, 0.4) is 0 Å². The van der Waals surface area contributed by atoms with E-state index in [2.05, 4.69) is 64.4 Å². The molecule has 0 aromatic heterocycles. The fourth-order valence-electron chi connectivity index (χ4n) is 5.48. The molecule has 1 N–H and O–H groups in total. The molecular weight excluding hydrogens is 658 g/mol. The number of nitrogens with zero attached hydrogens (tertiary/aromatic N) is 3. The molecule has 0 saturated carbocycles. The summed E-state index contributed by atoms with van der Waals surface area (Å²) in [5, 5.41) is 22.1. The minimum Gasteiger partial charge on any atom is -0.662 e. The predicted molar refractivity (Wildman–Crippen MR) is 234 cm³/mol. The molecule has 51 heavy (non-hydrogen) atoms. The van der Waals surface area contributed by atoms with E-state index in [0.29, 0.717) is 6.61 Å². The summed E-state index contributed by atoms with van der Waals surface area (Å²) >= 11 is 0. The maximum absolute atomic E-state index is 8.51. The van der Waals surface area contributed by atoms with Crippen LogP contribution in [0, 0.1) is 0 Å². The number of rotatable bonds is 38. The molecule has 0 saturated heterocycles. The van der Waals surface area contributed by atoms with Gasteiger partial charge >= 0.3 is 21.7 Å². The van der Waals surface area contributed by atoms with E-state index in [-0.39, 0.29) is 21.7 Å². The van der Waals surface area contributed by atoms with Crippen LogP contribution < -0.4 is 0 Å². The Hall–Kier alpha value is 0.554. The van der Waals surface area contributed by atoms with Crippen molar-refractivity contribution in [2.24, 2.45) is 0 Å². The Labute approximate surface area is 341 Å². The van der Waals surface area contributed by atoms with Crippen molar-refractivity contribution in [1.29, 1.82) is 0 Å². The van der Waals surface area contributed by atoms with Gasteiger partial charge in [0.25, 0.3) is 0 Å². The maximum Gasteiger partial charge on any atom is 3.00 e. The maximum atomic E-state index is 8.51. The molecule has 0 heterocycles. The quantitative estimate of drug-likeness (QED) is 0.0495. The molecule has 0 aromatic carbocycles. The van der Waals surface area contributed by atoms with E-state index in [9.17, 15) is 0 Å². The normalized spacial score (nSPS) is 10.4. The zero-order valence-electron chi connectivity index (χ0n) is 36.9. The van der Waals surface area contributed by atoms with Crippen molar-refractivity contribution in [3.8, 4) is 0 Å². The van der Waals surface area contributed by atoms with Gasteiger partial charge in [0.1, 0.15) is 0 Å². The van der Waals surface area contributed by atoms with Crippen molar-refractivity contribution >= 4 is 0 Å². The van der Waals surface area contributed by atoms with E-state index in [1.807, 2.05) is 0 Å². The number of hydrogen-bond acceptors (Lipinski definition) is 1. The average Bonchev–Trinajstić information content (AvgIpc) is 3.13. The first-order valence-corrected chi connectivity index (χ1v) is 23.2. The van der Waals surface area contributed by atoms with Gasteiger partial charge in [-0.2, -0.15) is 0 Å². The van der Waals surface area contributed by atoms with Gasteiger partial charge in [-0.15, -0.1) is 39.3 Å². The minimum atomic E-state index is 0. The SMILES string of the molecule is CCCCCCCCCCO.CCCCCC[N-]CCCCCC.CCCCCC[N-]CCCCCC.CCCCCC[N-]CCCCCC.[Ti+3]. The van der Waals surface area contributed by atoms with Crippen LogP contribution in [-0.4, -0.2) is 51.0 Å². The Kier molecular flexibility index (Phi) is 81.7. The van der Waals surface area contributed by atoms with Gasteiger partial charge in [-0.05, 0) is 6.42 Å². The predicted octanol–water partition coefficient (Wildman–Crippen LogP) is 16.7. The molecule has 0 spiro atoms. The van der Waals surface area contributed by atoms with Crippen molar-refractivity contribution < 1.29 is 26.8 Å². The molecule has 0 unspecified atom stereocenters. The zero-order valence-corrected chi connectivity index (χ0v) is 38.4. The second kappa shape index (κ2) is 68.6. The topological polar surface area (TPSA) is 62.5 Å². The Morgan fingerprint density at radius 3 is 0.569 bits per heavy atom. The Morgan fingerprint density at radius 1 is 0.235 bits per heavy atom. The van der Waals surface area contributed by atoms with Crippen LogP contribution in [0.5, 0.6) is 0 Å². The summed E-state index contributed by atoms with van der Waals surface area (Å²) in [6.07, 6.45) is 42.7. The Morgan fingerprint density at radius 2 is 0.392 bits per heavy atom. The largest absolute Gasteiger partial charge is 3.00 e. The van der Waals surface area contributed by atoms with Crippen molar-refractivity contribution in [3.63, 3.8) is 0 Å². The van der Waals surface area contributed by atoms with E-state index < -0.39 is 0 Å². The van der Waals surface area contributed by atoms with Gasteiger partial charge in [0.15, 0.2) is 0 Å². The molecule has 1 radical (unpaired) electrons. The summed E-state index contributed by atoms with van der Waals surface area (Å²) in [7, 11) is 0. The summed E-state index contributed by atoms with van der Waals surface area (Å²) in [4.78, 5) is 0. The smallest absolute Gasteiger partial charge is 0.662 e. The molecule has 0 aliphatic rings. The number of aliphatic hydroxyl groups excluding tert-OH is 1. The van der Waals surface area contributed by atoms with Crippen molar-refractivity contribution in [3.05, 3.63) is 16.0 Å². The first-order valence-electron chi connectivity index (χ1n) is 23.2. The molecule has 0 bridgehead atoms. The van der Waals surface area contributed by atoms with E-state index in [1.165, 1.54) is 199 Å². The van der Waals surface area contributed by atoms with Crippen LogP contribution in [0.25, 0.3) is 16.0 Å². The van der Waals surface area contributed by atoms with E-state index in [4.69, 9.17) is 5.11 Å². The molecule has 0 aliphatic carbocycles. The molecule has 0 aliphatic heterocycles. The summed E-state index contributed by atoms with van der Waals surface area (Å²) in [6.45, 7) is 22.7. The molecule has 0 aromatic rings. The minimum absolute atomic E-state index is 0. The van der Waals surface area contributed by atoms with Crippen LogP contribution in [0.2, 0.25) is 0 Å². The molecule has 5 heteroatoms. The van der Waals surface area contributed by atoms with Gasteiger partial charge in [-0.1, -0.05) is 248 Å². The van der Waals surface area contributed by atoms with Gasteiger partial charge in [0, 0.05) is 6.61 Å². The fourth-order valence-corrected chi connectivity index (χ4v) is 5.48. The summed E-state index contributed by atoms with van der Waals surface area (Å²) in [5.74, 6) is 0. The second-order valence-corrected chi connectivity index (χ2v) is 14.6. The van der Waals surface area contributed by atoms with Gasteiger partial charge < -0.3 is 21.1 Å². The van der Waals surface area contributed by atoms with Crippen LogP contribution in [0.4, 0.5) is 0 Å². The standard InChI is InChI=1S/3C12H26N.C10H22O.Ti/c3*1-3-5-7-9-11-13-12-10-8-6-4-2;1-2-3-4-5-6-7-8-9-10-11;/h3*3-12H2,1-2H3;11H,2-10H2,1H3;/q3*-1;;+3. The third kappa shape index (κ3) is 80.2. The molecule has 0 amide bonds. The summed E-state index contributed by atoms with van der Waals surface area (Å²) in [6, 6.07) is 0. The van der Waals surface area contributed by atoms with Crippen LogP contribution in [-0.2, 0) is 21.7 Å². The van der Waals surface area contributed by atoms with Crippen molar-refractivity contribution in [2.45, 2.75) is 254 Å². The Bertz CT molecular complexity index is 393. The molecular formula is C46H100N3OTi. The summed E-state index contributed by atoms with van der Waals surface area (Å²) in [5.41, 5.74) is 0. The van der Waals surface area contributed by atoms with Crippen molar-refractivity contribution in [2.75, 3.05) is 45.9 Å². The van der Waals surface area contributed by atoms with Gasteiger partial charge in [0.2, 0.25) is 0 Å². The molecule has 4 nitrogen and oxygen atoms in total. The van der Waals surface area contributed by atoms with E-state index in [1.54, 1.807) is 0 Å². The number of aliphatic hydroxyl groups is 1. The molecule has 0 atom stereocenters. The zero-order chi connectivity index (χ0) is 37.7. The monoisotopic (exact) mass is 759 g/mol. The number of unbranched alkanes of at least 4 members (excludes halogenated alkanes) is 25. The van der Waals surface area contributed by atoms with Gasteiger partial charge in [0.05, 0.1) is 0 Å². The first kappa shape index (κ1) is 60.8. The summed E-state index contributed by atoms with van der Waals surface area (Å²) < 4.78 is 0. The first-order chi connectivity index (χ1) is 24.7. The van der Waals surface area contributed by atoms with Gasteiger partial charge in [-0.25, -0.2) is 0 Å². The molecule has 0 rings (SSSR count). The van der Waals surface area contributed by atoms with Gasteiger partial charge in [-0.3, -0.25) is 0 Å². The third-order valence-corrected chi connectivity index (χ3v) is 9.03. The number of hydrogen-bond donors (Lipinski definition) is 1. The average molecular weight is 759 g/mol. The molecule has 0 fully saturated rings. The second-order valence-electron chi connectivity index (χ2n) is 14.6. The van der Waals surface area contributed by atoms with Crippen LogP contribution >= 0.6 is 0 Å². The fraction of sp³-hybridized carbons (Fsp3) is 1.00.